The summed E-state index contributed by atoms with van der Waals surface area (Å²) in [5.41, 5.74) is 0. The summed E-state index contributed by atoms with van der Waals surface area (Å²) in [6, 6.07) is 0. The molecule has 4 heteroatoms. The van der Waals surface area contributed by atoms with Crippen LogP contribution in [-0.4, -0.2) is 24.0 Å². The van der Waals surface area contributed by atoms with Crippen LogP contribution in [0.4, 0.5) is 0 Å². The lowest BCUT2D eigenvalue weighted by Gasteiger charge is -2.20. The first-order valence-corrected chi connectivity index (χ1v) is 5.75. The minimum absolute atomic E-state index is 0.101. The topological polar surface area (TPSA) is 52.3 Å². The quantitative estimate of drug-likeness (QED) is 0.780. The summed E-state index contributed by atoms with van der Waals surface area (Å²) in [7, 11) is 0. The maximum absolute atomic E-state index is 10.9. The summed E-state index contributed by atoms with van der Waals surface area (Å²) >= 11 is 0. The van der Waals surface area contributed by atoms with E-state index in [2.05, 4.69) is 4.98 Å². The number of nitrogens with zero attached hydrogens (tertiary/aromatic N) is 1. The minimum Gasteiger partial charge on any atom is -0.445 e. The van der Waals surface area contributed by atoms with Crippen molar-refractivity contribution < 1.29 is 13.9 Å². The van der Waals surface area contributed by atoms with Crippen LogP contribution in [0.15, 0.2) is 10.6 Å². The Balaban J connectivity index is 1.88. The fourth-order valence-electron chi connectivity index (χ4n) is 1.98. The molecule has 0 radical (unpaired) electrons. The fourth-order valence-corrected chi connectivity index (χ4v) is 1.98. The molecule has 0 spiro atoms. The first-order valence-electron chi connectivity index (χ1n) is 5.75. The molecular formula is C12H17NO3. The van der Waals surface area contributed by atoms with Crippen molar-refractivity contribution in [2.45, 2.75) is 32.6 Å². The predicted molar refractivity (Wildman–Crippen MR) is 58.1 cm³/mol. The molecule has 0 N–H and O–H groups in total. The minimum atomic E-state index is 0.101. The molecule has 0 amide bonds. The van der Waals surface area contributed by atoms with Crippen LogP contribution in [0.2, 0.25) is 0 Å². The highest BCUT2D eigenvalue weighted by molar-refractivity contribution is 5.77. The maximum atomic E-state index is 10.9. The molecule has 1 atom stereocenters. The molecule has 2 heterocycles. The number of rotatable bonds is 4. The molecule has 2 rings (SSSR count). The molecule has 1 unspecified atom stereocenters. The highest BCUT2D eigenvalue weighted by Gasteiger charge is 2.17. The highest BCUT2D eigenvalue weighted by Crippen LogP contribution is 2.18. The van der Waals surface area contributed by atoms with E-state index in [1.807, 2.05) is 0 Å². The lowest BCUT2D eigenvalue weighted by Crippen LogP contribution is -2.19. The second-order valence-corrected chi connectivity index (χ2v) is 4.39. The van der Waals surface area contributed by atoms with Gasteiger partial charge in [0.05, 0.1) is 12.6 Å². The number of carbonyl (C=O) groups excluding carboxylic acids is 1. The molecular weight excluding hydrogens is 206 g/mol. The molecule has 16 heavy (non-hydrogen) atoms. The average Bonchev–Trinajstić information content (AvgIpc) is 2.66. The number of ether oxygens (including phenoxy) is 1. The largest absolute Gasteiger partial charge is 0.445 e. The first kappa shape index (κ1) is 11.3. The lowest BCUT2D eigenvalue weighted by molar-refractivity contribution is -0.116. The van der Waals surface area contributed by atoms with Crippen LogP contribution >= 0.6 is 0 Å². The molecule has 0 saturated carbocycles. The second-order valence-electron chi connectivity index (χ2n) is 4.39. The molecule has 0 aromatic carbocycles. The number of aromatic nitrogens is 1. The highest BCUT2D eigenvalue weighted by atomic mass is 16.5. The molecule has 1 saturated heterocycles. The molecule has 1 fully saturated rings. The van der Waals surface area contributed by atoms with Gasteiger partial charge in [0.2, 0.25) is 0 Å². The van der Waals surface area contributed by atoms with E-state index in [0.29, 0.717) is 18.1 Å². The Morgan fingerprint density at radius 3 is 3.19 bits per heavy atom. The predicted octanol–water partition coefficient (Wildman–Crippen LogP) is 1.78. The van der Waals surface area contributed by atoms with Crippen LogP contribution in [0.25, 0.3) is 0 Å². The van der Waals surface area contributed by atoms with Crippen molar-refractivity contribution >= 4 is 5.78 Å². The van der Waals surface area contributed by atoms with Gasteiger partial charge in [-0.15, -0.1) is 0 Å². The van der Waals surface area contributed by atoms with E-state index in [1.54, 1.807) is 13.1 Å². The third-order valence-electron chi connectivity index (χ3n) is 2.74. The zero-order chi connectivity index (χ0) is 11.4. The van der Waals surface area contributed by atoms with Gasteiger partial charge >= 0.3 is 0 Å². The third kappa shape index (κ3) is 3.17. The number of ketones is 1. The Morgan fingerprint density at radius 1 is 1.62 bits per heavy atom. The van der Waals surface area contributed by atoms with E-state index >= 15 is 0 Å². The average molecular weight is 223 g/mol. The number of oxazole rings is 1. The maximum Gasteiger partial charge on any atom is 0.194 e. The van der Waals surface area contributed by atoms with Gasteiger partial charge in [-0.2, -0.15) is 0 Å². The molecule has 0 bridgehead atoms. The number of hydrogen-bond donors (Lipinski definition) is 0. The van der Waals surface area contributed by atoms with Gasteiger partial charge < -0.3 is 9.15 Å². The number of hydrogen-bond acceptors (Lipinski definition) is 4. The van der Waals surface area contributed by atoms with Crippen LogP contribution in [0.5, 0.6) is 0 Å². The van der Waals surface area contributed by atoms with Crippen molar-refractivity contribution in [3.63, 3.8) is 0 Å². The zero-order valence-electron chi connectivity index (χ0n) is 9.57. The Kier molecular flexibility index (Phi) is 3.72. The van der Waals surface area contributed by atoms with Crippen molar-refractivity contribution in [3.05, 3.63) is 17.8 Å². The normalized spacial score (nSPS) is 20.9. The monoisotopic (exact) mass is 223 g/mol. The molecule has 1 aliphatic heterocycles. The van der Waals surface area contributed by atoms with Gasteiger partial charge in [-0.05, 0) is 25.7 Å². The summed E-state index contributed by atoms with van der Waals surface area (Å²) in [5, 5.41) is 0. The zero-order valence-corrected chi connectivity index (χ0v) is 9.57. The van der Waals surface area contributed by atoms with Crippen LogP contribution in [0, 0.1) is 5.92 Å². The molecule has 4 nitrogen and oxygen atoms in total. The summed E-state index contributed by atoms with van der Waals surface area (Å²) in [6.45, 7) is 3.22. The van der Waals surface area contributed by atoms with Crippen molar-refractivity contribution in [1.29, 1.82) is 0 Å². The standard InChI is InChI=1S/C12H17NO3/c1-9(14)5-11-7-13-12(16-11)6-10-3-2-4-15-8-10/h7,10H,2-6,8H2,1H3. The lowest BCUT2D eigenvalue weighted by atomic mass is 9.99. The van der Waals surface area contributed by atoms with E-state index in [-0.39, 0.29) is 5.78 Å². The van der Waals surface area contributed by atoms with Crippen LogP contribution in [0.3, 0.4) is 0 Å². The molecule has 88 valence electrons. The van der Waals surface area contributed by atoms with Gasteiger partial charge in [-0.25, -0.2) is 4.98 Å². The van der Waals surface area contributed by atoms with Crippen LogP contribution in [0.1, 0.15) is 31.4 Å². The summed E-state index contributed by atoms with van der Waals surface area (Å²) in [6.07, 6.45) is 5.10. The smallest absolute Gasteiger partial charge is 0.194 e. The van der Waals surface area contributed by atoms with Crippen LogP contribution < -0.4 is 0 Å². The molecule has 1 aromatic rings. The van der Waals surface area contributed by atoms with Gasteiger partial charge in [0.15, 0.2) is 5.89 Å². The van der Waals surface area contributed by atoms with Crippen LogP contribution in [-0.2, 0) is 22.4 Å². The van der Waals surface area contributed by atoms with Gasteiger partial charge in [-0.1, -0.05) is 0 Å². The summed E-state index contributed by atoms with van der Waals surface area (Å²) in [4.78, 5) is 15.1. The first-order chi connectivity index (χ1) is 7.74. The Morgan fingerprint density at radius 2 is 2.50 bits per heavy atom. The Hall–Kier alpha value is -1.16. The van der Waals surface area contributed by atoms with E-state index < -0.39 is 0 Å². The third-order valence-corrected chi connectivity index (χ3v) is 2.74. The molecule has 1 aliphatic rings. The van der Waals surface area contributed by atoms with E-state index in [1.165, 1.54) is 6.42 Å². The second kappa shape index (κ2) is 5.25. The van der Waals surface area contributed by atoms with Crippen molar-refractivity contribution in [3.8, 4) is 0 Å². The van der Waals surface area contributed by atoms with Gasteiger partial charge in [-0.3, -0.25) is 4.79 Å². The Bertz CT molecular complexity index is 353. The number of carbonyl (C=O) groups is 1. The van der Waals surface area contributed by atoms with Crippen molar-refractivity contribution in [2.24, 2.45) is 5.92 Å². The van der Waals surface area contributed by atoms with Gasteiger partial charge in [0.1, 0.15) is 11.5 Å². The Labute approximate surface area is 95.0 Å². The van der Waals surface area contributed by atoms with Crippen molar-refractivity contribution in [2.75, 3.05) is 13.2 Å². The van der Waals surface area contributed by atoms with E-state index in [9.17, 15) is 4.79 Å². The summed E-state index contributed by atoms with van der Waals surface area (Å²) in [5.74, 6) is 2.01. The number of Topliss-reactive ketones (excluding diaryl/α,β-unsaturated/α-hetero) is 1. The molecule has 1 aromatic heterocycles. The summed E-state index contributed by atoms with van der Waals surface area (Å²) < 4.78 is 10.9. The van der Waals surface area contributed by atoms with Gasteiger partial charge in [0.25, 0.3) is 0 Å². The van der Waals surface area contributed by atoms with E-state index in [0.717, 1.165) is 31.9 Å². The molecule has 0 aliphatic carbocycles. The SMILES string of the molecule is CC(=O)Cc1cnc(CC2CCCOC2)o1. The van der Waals surface area contributed by atoms with Crippen molar-refractivity contribution in [1.82, 2.24) is 4.98 Å². The fraction of sp³-hybridized carbons (Fsp3) is 0.667. The van der Waals surface area contributed by atoms with E-state index in [4.69, 9.17) is 9.15 Å². The van der Waals surface area contributed by atoms with Gasteiger partial charge in [0, 0.05) is 19.6 Å².